The Morgan fingerprint density at radius 2 is 0.800 bits per heavy atom. The van der Waals surface area contributed by atoms with Crippen LogP contribution in [0.1, 0.15) is 136 Å². The standard InChI is InChI=1S/C69H117N13O13/c1-26-43(14)55(65(91)79(22)58(42(12)13)69(95)80(23)57(41(10)11)66(92)77(20)37-52(85)86)74-61(87)56(40(8)9)78(21)62(88)49(33-46-34-71-48-32-30-29-31-47(46)48)72-50(83)35-75(18)68(94)60(45(16)28-3)82(25)64(90)54(39(6)7)73-51(84)36-76(19)67(93)59(44(15)27-2)81(24)63(89)53(70-17)38(4)5/h29-32,34,38-45,49,53-60,70-71H,26-28,33,35-37H2,1-25H3,(H,72,83)(H,73,84)(H,74,87)(H,85,86)/t43-,44-,45-,49-,53-,54-,55-,56-,57-,58-,59-,60-/m0/s1. The first-order valence-electron chi connectivity index (χ1n) is 33.5. The van der Waals surface area contributed by atoms with Crippen LogP contribution >= 0.6 is 0 Å². The number of fused-ring (bicyclic) bond motifs is 1. The summed E-state index contributed by atoms with van der Waals surface area (Å²) in [5.74, 6) is -11.0. The quantitative estimate of drug-likeness (QED) is 0.0562. The SMILES string of the molecule is CC[C@H](C)[C@H](NC(=O)[C@H](C(C)C)N(C)C(=O)[C@H](Cc1c[nH]c2ccccc12)NC(=O)CN(C)C(=O)[C@H]([C@@H](C)CC)N(C)C(=O)[C@@H](NC(=O)CN(C)C(=O)[C@H]([C@@H](C)CC)N(C)C(=O)[C@@H](NC)C(C)C)C(C)C)C(=O)N(C)[C@H](C(=O)N(C)[C@H](C(=O)N(C)CC(=O)O)C(C)C)C(C)C. The molecule has 12 atom stereocenters. The third-order valence-corrected chi connectivity index (χ3v) is 18.6. The molecule has 95 heavy (non-hydrogen) atoms. The molecule has 0 spiro atoms. The van der Waals surface area contributed by atoms with Crippen molar-refractivity contribution in [3.63, 3.8) is 0 Å². The smallest absolute Gasteiger partial charge is 0.323 e. The van der Waals surface area contributed by atoms with Crippen molar-refractivity contribution in [2.24, 2.45) is 47.3 Å². The Bertz CT molecular complexity index is 2970. The number of aliphatic carboxylic acids is 1. The van der Waals surface area contributed by atoms with Crippen molar-refractivity contribution in [3.05, 3.63) is 36.0 Å². The number of amides is 11. The fraction of sp³-hybridized carbons (Fsp3) is 0.710. The topological polar surface area (TPSA) is 315 Å². The normalized spacial score (nSPS) is 15.4. The molecule has 0 saturated carbocycles. The van der Waals surface area contributed by atoms with Gasteiger partial charge in [-0.15, -0.1) is 0 Å². The number of carboxylic acids is 1. The molecule has 0 aliphatic rings. The van der Waals surface area contributed by atoms with Crippen LogP contribution in [-0.2, 0) is 64.0 Å². The predicted molar refractivity (Wildman–Crippen MR) is 367 cm³/mol. The largest absolute Gasteiger partial charge is 0.480 e. The summed E-state index contributed by atoms with van der Waals surface area (Å²) in [6.45, 7) is 27.1. The van der Waals surface area contributed by atoms with E-state index in [4.69, 9.17) is 0 Å². The number of rotatable bonds is 37. The van der Waals surface area contributed by atoms with Gasteiger partial charge in [0, 0.05) is 79.9 Å². The van der Waals surface area contributed by atoms with Gasteiger partial charge in [0.1, 0.15) is 54.9 Å². The average molecular weight is 1340 g/mol. The number of hydrogen-bond acceptors (Lipinski definition) is 13. The van der Waals surface area contributed by atoms with Gasteiger partial charge in [-0.2, -0.15) is 0 Å². The second-order valence-corrected chi connectivity index (χ2v) is 27.8. The molecular weight excluding hydrogens is 1220 g/mol. The van der Waals surface area contributed by atoms with Crippen LogP contribution < -0.4 is 21.3 Å². The molecule has 26 nitrogen and oxygen atoms in total. The van der Waals surface area contributed by atoms with Crippen molar-refractivity contribution < 1.29 is 62.6 Å². The Morgan fingerprint density at radius 1 is 0.421 bits per heavy atom. The minimum Gasteiger partial charge on any atom is -0.480 e. The maximum Gasteiger partial charge on any atom is 0.323 e. The molecule has 11 amide bonds. The van der Waals surface area contributed by atoms with Crippen molar-refractivity contribution in [3.8, 4) is 0 Å². The van der Waals surface area contributed by atoms with Gasteiger partial charge in [0.25, 0.3) is 0 Å². The number of carbonyl (C=O) groups is 12. The van der Waals surface area contributed by atoms with Crippen LogP contribution in [0.25, 0.3) is 10.9 Å². The highest BCUT2D eigenvalue weighted by Crippen LogP contribution is 2.26. The summed E-state index contributed by atoms with van der Waals surface area (Å²) in [6, 6.07) is -2.31. The minimum absolute atomic E-state index is 0.0621. The van der Waals surface area contributed by atoms with Gasteiger partial charge < -0.3 is 70.6 Å². The highest BCUT2D eigenvalue weighted by atomic mass is 16.4. The highest BCUT2D eigenvalue weighted by Gasteiger charge is 2.45. The number of likely N-dealkylation sites (N-methyl/N-ethyl adjacent to an activating group) is 9. The zero-order valence-corrected chi connectivity index (χ0v) is 61.6. The van der Waals surface area contributed by atoms with Crippen molar-refractivity contribution in [2.45, 2.75) is 191 Å². The van der Waals surface area contributed by atoms with E-state index in [1.807, 2.05) is 65.8 Å². The number of nitrogens with one attached hydrogen (secondary N) is 5. The van der Waals surface area contributed by atoms with Crippen LogP contribution in [0.15, 0.2) is 30.5 Å². The van der Waals surface area contributed by atoms with Gasteiger partial charge in [0.15, 0.2) is 0 Å². The fourth-order valence-electron chi connectivity index (χ4n) is 12.4. The van der Waals surface area contributed by atoms with E-state index >= 15 is 4.79 Å². The molecule has 0 aliphatic carbocycles. The molecule has 0 unspecified atom stereocenters. The lowest BCUT2D eigenvalue weighted by atomic mass is 9.93. The summed E-state index contributed by atoms with van der Waals surface area (Å²) in [4.78, 5) is 183. The van der Waals surface area contributed by atoms with Gasteiger partial charge >= 0.3 is 5.97 Å². The molecule has 0 radical (unpaired) electrons. The van der Waals surface area contributed by atoms with Crippen LogP contribution in [0, 0.1) is 47.3 Å². The van der Waals surface area contributed by atoms with Crippen LogP contribution in [0.3, 0.4) is 0 Å². The van der Waals surface area contributed by atoms with Gasteiger partial charge in [-0.3, -0.25) is 57.5 Å². The Morgan fingerprint density at radius 3 is 1.23 bits per heavy atom. The Balaban J connectivity index is 2.54. The molecule has 26 heteroatoms. The first kappa shape index (κ1) is 83.5. The molecule has 0 aliphatic heterocycles. The number of para-hydroxylation sites is 1. The fourth-order valence-corrected chi connectivity index (χ4v) is 12.4. The zero-order chi connectivity index (χ0) is 73.1. The summed E-state index contributed by atoms with van der Waals surface area (Å²) >= 11 is 0. The van der Waals surface area contributed by atoms with Gasteiger partial charge in [-0.05, 0) is 66.0 Å². The number of benzene rings is 1. The first-order chi connectivity index (χ1) is 44.1. The van der Waals surface area contributed by atoms with E-state index in [2.05, 4.69) is 26.3 Å². The molecule has 536 valence electrons. The average Bonchev–Trinajstić information content (AvgIpc) is 1.43. The maximum atomic E-state index is 15.2. The molecule has 2 rings (SSSR count). The van der Waals surface area contributed by atoms with Gasteiger partial charge in [-0.25, -0.2) is 0 Å². The second kappa shape index (κ2) is 37.6. The van der Waals surface area contributed by atoms with E-state index in [9.17, 15) is 57.8 Å². The summed E-state index contributed by atoms with van der Waals surface area (Å²) in [5.41, 5.74) is 1.42. The summed E-state index contributed by atoms with van der Waals surface area (Å²) in [5, 5.41) is 21.8. The second-order valence-electron chi connectivity index (χ2n) is 27.8. The van der Waals surface area contributed by atoms with Crippen LogP contribution in [0.4, 0.5) is 0 Å². The number of carboxylic acid groups (broad SMARTS) is 1. The molecule has 1 aromatic heterocycles. The van der Waals surface area contributed by atoms with Gasteiger partial charge in [0.05, 0.1) is 19.1 Å². The van der Waals surface area contributed by atoms with Crippen molar-refractivity contribution in [2.75, 3.05) is 83.1 Å². The number of H-pyrrole nitrogens is 1. The molecule has 2 aromatic rings. The van der Waals surface area contributed by atoms with Gasteiger partial charge in [-0.1, -0.05) is 148 Å². The number of aromatic amines is 1. The van der Waals surface area contributed by atoms with Gasteiger partial charge in [0.2, 0.25) is 65.0 Å². The van der Waals surface area contributed by atoms with Crippen molar-refractivity contribution in [1.82, 2.24) is 65.5 Å². The summed E-state index contributed by atoms with van der Waals surface area (Å²) < 4.78 is 0. The third-order valence-electron chi connectivity index (χ3n) is 18.6. The van der Waals surface area contributed by atoms with E-state index < -0.39 is 175 Å². The lowest BCUT2D eigenvalue weighted by Crippen LogP contribution is -2.62. The van der Waals surface area contributed by atoms with Crippen molar-refractivity contribution in [1.29, 1.82) is 0 Å². The van der Waals surface area contributed by atoms with Crippen LogP contribution in [0.5, 0.6) is 0 Å². The van der Waals surface area contributed by atoms with Crippen LogP contribution in [-0.4, -0.2) is 258 Å². The van der Waals surface area contributed by atoms with E-state index in [1.54, 1.807) is 89.5 Å². The lowest BCUT2D eigenvalue weighted by Gasteiger charge is -2.40. The molecule has 0 saturated heterocycles. The third kappa shape index (κ3) is 21.7. The predicted octanol–water partition coefficient (Wildman–Crippen LogP) is 3.77. The molecular formula is C69H117N13O13. The molecule has 1 aromatic carbocycles. The van der Waals surface area contributed by atoms with E-state index in [-0.39, 0.29) is 24.2 Å². The van der Waals surface area contributed by atoms with E-state index in [0.717, 1.165) is 20.7 Å². The molecule has 6 N–H and O–H groups in total. The lowest BCUT2D eigenvalue weighted by molar-refractivity contribution is -0.155. The highest BCUT2D eigenvalue weighted by molar-refractivity contribution is 5.99. The van der Waals surface area contributed by atoms with Crippen molar-refractivity contribution >= 4 is 81.9 Å². The molecule has 0 fully saturated rings. The number of carbonyl (C=O) groups excluding carboxylic acids is 11. The molecule has 1 heterocycles. The van der Waals surface area contributed by atoms with E-state index in [0.29, 0.717) is 24.8 Å². The zero-order valence-electron chi connectivity index (χ0n) is 61.6. The number of aromatic nitrogens is 1. The van der Waals surface area contributed by atoms with Crippen LogP contribution in [0.2, 0.25) is 0 Å². The Labute approximate surface area is 565 Å². The number of hydrogen-bond donors (Lipinski definition) is 6. The van der Waals surface area contributed by atoms with E-state index in [1.165, 1.54) is 78.7 Å². The Kier molecular flexibility index (Phi) is 33.0. The first-order valence-corrected chi connectivity index (χ1v) is 33.5. The monoisotopic (exact) mass is 1340 g/mol. The Hall–Kier alpha value is -7.64. The summed E-state index contributed by atoms with van der Waals surface area (Å²) in [7, 11) is 13.3. The minimum atomic E-state index is -1.33. The summed E-state index contributed by atoms with van der Waals surface area (Å²) in [6.07, 6.45) is 3.06. The number of nitrogens with zero attached hydrogens (tertiary/aromatic N) is 8. The maximum absolute atomic E-state index is 15.2. The molecule has 0 bridgehead atoms.